The zero-order valence-electron chi connectivity index (χ0n) is 15.3. The summed E-state index contributed by atoms with van der Waals surface area (Å²) in [7, 11) is 4.13. The molecule has 3 aromatic rings. The molecule has 0 saturated carbocycles. The van der Waals surface area contributed by atoms with Gasteiger partial charge in [-0.1, -0.05) is 24.3 Å². The molecular weight excluding hydrogens is 306 g/mol. The number of pyridine rings is 1. The number of nitrogens with zero attached hydrogens (tertiary/aromatic N) is 3. The van der Waals surface area contributed by atoms with Crippen LogP contribution in [0.15, 0.2) is 48.5 Å². The first-order valence-electron chi connectivity index (χ1n) is 9.06. The van der Waals surface area contributed by atoms with Crippen LogP contribution in [-0.4, -0.2) is 32.2 Å². The average molecular weight is 331 g/mol. The minimum Gasteiger partial charge on any atom is -0.378 e. The van der Waals surface area contributed by atoms with Crippen molar-refractivity contribution in [3.63, 3.8) is 0 Å². The van der Waals surface area contributed by atoms with Gasteiger partial charge in [-0.25, -0.2) is 0 Å². The van der Waals surface area contributed by atoms with Gasteiger partial charge in [0.05, 0.1) is 5.52 Å². The average Bonchev–Trinajstić information content (AvgIpc) is 3.15. The van der Waals surface area contributed by atoms with E-state index in [0.717, 1.165) is 24.3 Å². The number of anilines is 2. The van der Waals surface area contributed by atoms with E-state index in [1.54, 1.807) is 0 Å². The van der Waals surface area contributed by atoms with E-state index in [-0.39, 0.29) is 0 Å². The number of fused-ring (bicyclic) bond motifs is 1. The molecule has 0 spiro atoms. The van der Waals surface area contributed by atoms with Gasteiger partial charge in [-0.05, 0) is 55.2 Å². The predicted molar refractivity (Wildman–Crippen MR) is 108 cm³/mol. The molecule has 0 unspecified atom stereocenters. The Balaban J connectivity index is 1.77. The maximum Gasteiger partial charge on any atom is 0.0732 e. The smallest absolute Gasteiger partial charge is 0.0732 e. The monoisotopic (exact) mass is 331 g/mol. The molecule has 4 rings (SSSR count). The largest absolute Gasteiger partial charge is 0.378 e. The first-order valence-corrected chi connectivity index (χ1v) is 9.06. The summed E-state index contributed by atoms with van der Waals surface area (Å²) in [6.07, 6.45) is 2.58. The quantitative estimate of drug-likeness (QED) is 0.682. The van der Waals surface area contributed by atoms with Crippen molar-refractivity contribution >= 4 is 22.3 Å². The number of benzene rings is 2. The zero-order chi connectivity index (χ0) is 17.4. The van der Waals surface area contributed by atoms with E-state index in [1.807, 2.05) is 0 Å². The number of aromatic nitrogens is 1. The Bertz CT molecular complexity index is 891. The summed E-state index contributed by atoms with van der Waals surface area (Å²) in [5.74, 6) is 0. The second-order valence-corrected chi connectivity index (χ2v) is 7.15. The molecule has 2 aromatic carbocycles. The van der Waals surface area contributed by atoms with Crippen LogP contribution in [-0.2, 0) is 0 Å². The third-order valence-corrected chi connectivity index (χ3v) is 5.08. The standard InChI is InChI=1S/C22H25N3/c1-16-14-22(25-12-4-5-13-25)20-11-8-18(15-21(20)23-16)17-6-9-19(10-7-17)24(2)3/h6-11,14-15H,4-5,12-13H2,1-3H3. The molecule has 0 radical (unpaired) electrons. The molecule has 3 nitrogen and oxygen atoms in total. The molecule has 1 aliphatic rings. The number of aryl methyl sites for hydroxylation is 1. The Morgan fingerprint density at radius 3 is 2.24 bits per heavy atom. The molecule has 1 fully saturated rings. The van der Waals surface area contributed by atoms with Crippen molar-refractivity contribution in [2.45, 2.75) is 19.8 Å². The van der Waals surface area contributed by atoms with Crippen LogP contribution in [0.5, 0.6) is 0 Å². The molecule has 3 heteroatoms. The normalized spacial score (nSPS) is 14.3. The maximum atomic E-state index is 4.80. The fourth-order valence-corrected chi connectivity index (χ4v) is 3.69. The van der Waals surface area contributed by atoms with Crippen molar-refractivity contribution in [2.24, 2.45) is 0 Å². The molecular formula is C22H25N3. The zero-order valence-corrected chi connectivity index (χ0v) is 15.3. The molecule has 0 bridgehead atoms. The molecule has 1 aromatic heterocycles. The van der Waals surface area contributed by atoms with E-state index in [0.29, 0.717) is 0 Å². The van der Waals surface area contributed by atoms with Gasteiger partial charge in [0.25, 0.3) is 0 Å². The Morgan fingerprint density at radius 1 is 0.880 bits per heavy atom. The lowest BCUT2D eigenvalue weighted by Gasteiger charge is -2.20. The second kappa shape index (κ2) is 6.40. The summed E-state index contributed by atoms with van der Waals surface area (Å²) in [6, 6.07) is 17.6. The highest BCUT2D eigenvalue weighted by atomic mass is 15.1. The van der Waals surface area contributed by atoms with Gasteiger partial charge in [-0.15, -0.1) is 0 Å². The predicted octanol–water partition coefficient (Wildman–Crippen LogP) is 4.88. The van der Waals surface area contributed by atoms with Gasteiger partial charge in [0.2, 0.25) is 0 Å². The minimum absolute atomic E-state index is 1.09. The molecule has 1 aliphatic heterocycles. The first kappa shape index (κ1) is 15.9. The lowest BCUT2D eigenvalue weighted by molar-refractivity contribution is 0.949. The van der Waals surface area contributed by atoms with Crippen LogP contribution in [0.2, 0.25) is 0 Å². The molecule has 0 atom stereocenters. The van der Waals surface area contributed by atoms with Crippen molar-refractivity contribution in [3.05, 3.63) is 54.2 Å². The van der Waals surface area contributed by atoms with E-state index in [2.05, 4.69) is 79.3 Å². The molecule has 0 N–H and O–H groups in total. The number of rotatable bonds is 3. The van der Waals surface area contributed by atoms with Crippen LogP contribution in [0.4, 0.5) is 11.4 Å². The lowest BCUT2D eigenvalue weighted by Crippen LogP contribution is -2.18. The second-order valence-electron chi connectivity index (χ2n) is 7.15. The third-order valence-electron chi connectivity index (χ3n) is 5.08. The van der Waals surface area contributed by atoms with Crippen molar-refractivity contribution in [3.8, 4) is 11.1 Å². The summed E-state index contributed by atoms with van der Waals surface area (Å²) in [5, 5.41) is 1.26. The summed E-state index contributed by atoms with van der Waals surface area (Å²) in [4.78, 5) is 9.43. The van der Waals surface area contributed by atoms with Crippen LogP contribution in [0, 0.1) is 6.92 Å². The molecule has 2 heterocycles. The van der Waals surface area contributed by atoms with Gasteiger partial charge in [0.15, 0.2) is 0 Å². The van der Waals surface area contributed by atoms with Gasteiger partial charge < -0.3 is 9.80 Å². The van der Waals surface area contributed by atoms with Crippen LogP contribution in [0.25, 0.3) is 22.0 Å². The molecule has 128 valence electrons. The van der Waals surface area contributed by atoms with Crippen LogP contribution in [0.3, 0.4) is 0 Å². The maximum absolute atomic E-state index is 4.80. The van der Waals surface area contributed by atoms with E-state index in [9.17, 15) is 0 Å². The SMILES string of the molecule is Cc1cc(N2CCCC2)c2ccc(-c3ccc(N(C)C)cc3)cc2n1. The van der Waals surface area contributed by atoms with Crippen molar-refractivity contribution in [1.29, 1.82) is 0 Å². The first-order chi connectivity index (χ1) is 12.1. The Morgan fingerprint density at radius 2 is 1.56 bits per heavy atom. The van der Waals surface area contributed by atoms with E-state index >= 15 is 0 Å². The van der Waals surface area contributed by atoms with Gasteiger partial charge in [0, 0.05) is 49.6 Å². The highest BCUT2D eigenvalue weighted by Crippen LogP contribution is 2.32. The topological polar surface area (TPSA) is 19.4 Å². The van der Waals surface area contributed by atoms with Crippen molar-refractivity contribution in [1.82, 2.24) is 4.98 Å². The minimum atomic E-state index is 1.09. The van der Waals surface area contributed by atoms with Gasteiger partial charge in [-0.3, -0.25) is 4.98 Å². The Labute approximate surface area is 149 Å². The van der Waals surface area contributed by atoms with Gasteiger partial charge in [0.1, 0.15) is 0 Å². The fourth-order valence-electron chi connectivity index (χ4n) is 3.69. The Hall–Kier alpha value is -2.55. The summed E-state index contributed by atoms with van der Waals surface area (Å²) in [6.45, 7) is 4.41. The van der Waals surface area contributed by atoms with E-state index in [1.165, 1.54) is 40.7 Å². The lowest BCUT2D eigenvalue weighted by atomic mass is 10.0. The fraction of sp³-hybridized carbons (Fsp3) is 0.318. The van der Waals surface area contributed by atoms with E-state index in [4.69, 9.17) is 4.98 Å². The molecule has 0 aliphatic carbocycles. The van der Waals surface area contributed by atoms with Crippen LogP contribution >= 0.6 is 0 Å². The third kappa shape index (κ3) is 3.07. The molecule has 25 heavy (non-hydrogen) atoms. The van der Waals surface area contributed by atoms with Gasteiger partial charge >= 0.3 is 0 Å². The molecule has 1 saturated heterocycles. The molecule has 0 amide bonds. The van der Waals surface area contributed by atoms with Crippen molar-refractivity contribution < 1.29 is 0 Å². The van der Waals surface area contributed by atoms with Crippen molar-refractivity contribution in [2.75, 3.05) is 37.0 Å². The highest BCUT2D eigenvalue weighted by Gasteiger charge is 2.16. The Kier molecular flexibility index (Phi) is 4.08. The highest BCUT2D eigenvalue weighted by molar-refractivity contribution is 5.94. The van der Waals surface area contributed by atoms with E-state index < -0.39 is 0 Å². The number of hydrogen-bond acceptors (Lipinski definition) is 3. The van der Waals surface area contributed by atoms with Gasteiger partial charge in [-0.2, -0.15) is 0 Å². The number of hydrogen-bond donors (Lipinski definition) is 0. The summed E-state index contributed by atoms with van der Waals surface area (Å²) >= 11 is 0. The summed E-state index contributed by atoms with van der Waals surface area (Å²) < 4.78 is 0. The van der Waals surface area contributed by atoms with Crippen LogP contribution in [0.1, 0.15) is 18.5 Å². The summed E-state index contributed by atoms with van der Waals surface area (Å²) in [5.41, 5.74) is 7.21. The van der Waals surface area contributed by atoms with Crippen LogP contribution < -0.4 is 9.80 Å².